The summed E-state index contributed by atoms with van der Waals surface area (Å²) in [5.74, 6) is 1.12. The zero-order chi connectivity index (χ0) is 12.0. The number of nitriles is 2. The maximum atomic E-state index is 8.71. The molecule has 4 heteroatoms. The van der Waals surface area contributed by atoms with Gasteiger partial charge in [0, 0.05) is 5.56 Å². The second-order valence-corrected chi connectivity index (χ2v) is 3.16. The largest absolute Gasteiger partial charge is 0.493 e. The molecule has 0 aliphatic heterocycles. The Morgan fingerprint density at radius 1 is 1.06 bits per heavy atom. The van der Waals surface area contributed by atoms with Gasteiger partial charge in [-0.1, -0.05) is 0 Å². The molecular weight excluding hydrogens is 204 g/mol. The van der Waals surface area contributed by atoms with Crippen LogP contribution in [0.1, 0.15) is 11.1 Å². The molecule has 0 radical (unpaired) electrons. The summed E-state index contributed by atoms with van der Waals surface area (Å²) in [7, 11) is 3.06. The van der Waals surface area contributed by atoms with Crippen molar-refractivity contribution in [3.05, 3.63) is 23.3 Å². The molecule has 0 bridgehead atoms. The Hall–Kier alpha value is -2.20. The molecule has 0 saturated carbocycles. The molecule has 0 unspecified atom stereocenters. The standard InChI is InChI=1S/C12H12N2O2/c1-15-11-8-9(3-5-13)7-10(4-6-14)12(11)16-2/h7-8H,3-4H2,1-2H3. The van der Waals surface area contributed by atoms with Gasteiger partial charge in [0.05, 0.1) is 39.2 Å². The molecule has 0 N–H and O–H groups in total. The van der Waals surface area contributed by atoms with Crippen molar-refractivity contribution in [2.75, 3.05) is 14.2 Å². The van der Waals surface area contributed by atoms with Gasteiger partial charge in [-0.3, -0.25) is 0 Å². The van der Waals surface area contributed by atoms with Crippen molar-refractivity contribution in [3.63, 3.8) is 0 Å². The minimum atomic E-state index is 0.235. The van der Waals surface area contributed by atoms with Crippen LogP contribution in [0.4, 0.5) is 0 Å². The monoisotopic (exact) mass is 216 g/mol. The van der Waals surface area contributed by atoms with Gasteiger partial charge >= 0.3 is 0 Å². The highest BCUT2D eigenvalue weighted by molar-refractivity contribution is 5.50. The summed E-state index contributed by atoms with van der Waals surface area (Å²) in [4.78, 5) is 0. The van der Waals surface area contributed by atoms with E-state index < -0.39 is 0 Å². The Morgan fingerprint density at radius 2 is 1.75 bits per heavy atom. The van der Waals surface area contributed by atoms with Crippen LogP contribution in [0.2, 0.25) is 0 Å². The van der Waals surface area contributed by atoms with Crippen LogP contribution in [0, 0.1) is 22.7 Å². The lowest BCUT2D eigenvalue weighted by Crippen LogP contribution is -1.98. The normalized spacial score (nSPS) is 9.00. The van der Waals surface area contributed by atoms with Crippen molar-refractivity contribution >= 4 is 0 Å². The zero-order valence-corrected chi connectivity index (χ0v) is 9.28. The van der Waals surface area contributed by atoms with Gasteiger partial charge in [-0.2, -0.15) is 10.5 Å². The van der Waals surface area contributed by atoms with E-state index in [1.807, 2.05) is 0 Å². The van der Waals surface area contributed by atoms with E-state index in [0.717, 1.165) is 11.1 Å². The molecule has 0 saturated heterocycles. The topological polar surface area (TPSA) is 66.0 Å². The lowest BCUT2D eigenvalue weighted by Gasteiger charge is -2.12. The zero-order valence-electron chi connectivity index (χ0n) is 9.28. The van der Waals surface area contributed by atoms with Crippen LogP contribution in [0.25, 0.3) is 0 Å². The van der Waals surface area contributed by atoms with Crippen LogP contribution in [0.5, 0.6) is 11.5 Å². The van der Waals surface area contributed by atoms with Crippen LogP contribution in [0.3, 0.4) is 0 Å². The fourth-order valence-electron chi connectivity index (χ4n) is 1.52. The third kappa shape index (κ3) is 2.43. The van der Waals surface area contributed by atoms with E-state index in [-0.39, 0.29) is 6.42 Å². The number of ether oxygens (including phenoxy) is 2. The van der Waals surface area contributed by atoms with Crippen LogP contribution >= 0.6 is 0 Å². The first-order valence-electron chi connectivity index (χ1n) is 4.74. The third-order valence-corrected chi connectivity index (χ3v) is 2.17. The second-order valence-electron chi connectivity index (χ2n) is 3.16. The number of benzene rings is 1. The Labute approximate surface area is 94.6 Å². The Morgan fingerprint density at radius 3 is 2.25 bits per heavy atom. The van der Waals surface area contributed by atoms with Gasteiger partial charge in [-0.15, -0.1) is 0 Å². The molecule has 0 aromatic heterocycles. The number of rotatable bonds is 4. The first-order valence-corrected chi connectivity index (χ1v) is 4.74. The molecule has 0 spiro atoms. The smallest absolute Gasteiger partial charge is 0.164 e. The third-order valence-electron chi connectivity index (χ3n) is 2.17. The Kier molecular flexibility index (Phi) is 4.17. The summed E-state index contributed by atoms with van der Waals surface area (Å²) in [6, 6.07) is 7.68. The number of hydrogen-bond acceptors (Lipinski definition) is 4. The lowest BCUT2D eigenvalue weighted by atomic mass is 10.0. The first kappa shape index (κ1) is 11.9. The van der Waals surface area contributed by atoms with E-state index in [0.29, 0.717) is 17.9 Å². The van der Waals surface area contributed by atoms with Gasteiger partial charge in [0.1, 0.15) is 0 Å². The highest BCUT2D eigenvalue weighted by atomic mass is 16.5. The minimum absolute atomic E-state index is 0.235. The van der Waals surface area contributed by atoms with Crippen molar-refractivity contribution in [1.82, 2.24) is 0 Å². The summed E-state index contributed by atoms with van der Waals surface area (Å²) in [5, 5.41) is 17.4. The molecule has 0 aliphatic rings. The summed E-state index contributed by atoms with van der Waals surface area (Å²) in [6.45, 7) is 0. The van der Waals surface area contributed by atoms with Gasteiger partial charge in [-0.25, -0.2) is 0 Å². The van der Waals surface area contributed by atoms with Crippen LogP contribution in [-0.4, -0.2) is 14.2 Å². The molecule has 0 fully saturated rings. The maximum absolute atomic E-state index is 8.71. The minimum Gasteiger partial charge on any atom is -0.493 e. The quantitative estimate of drug-likeness (QED) is 0.770. The van der Waals surface area contributed by atoms with Crippen molar-refractivity contribution in [3.8, 4) is 23.6 Å². The van der Waals surface area contributed by atoms with Gasteiger partial charge in [0.25, 0.3) is 0 Å². The van der Waals surface area contributed by atoms with Gasteiger partial charge in [0.15, 0.2) is 11.5 Å². The van der Waals surface area contributed by atoms with Crippen molar-refractivity contribution < 1.29 is 9.47 Å². The molecule has 1 rings (SSSR count). The highest BCUT2D eigenvalue weighted by Crippen LogP contribution is 2.32. The fraction of sp³-hybridized carbons (Fsp3) is 0.333. The SMILES string of the molecule is COc1cc(CC#N)cc(CC#N)c1OC. The molecule has 4 nitrogen and oxygen atoms in total. The molecule has 0 atom stereocenters. The van der Waals surface area contributed by atoms with Crippen LogP contribution < -0.4 is 9.47 Å². The van der Waals surface area contributed by atoms with Gasteiger partial charge < -0.3 is 9.47 Å². The van der Waals surface area contributed by atoms with E-state index in [2.05, 4.69) is 12.1 Å². The summed E-state index contributed by atoms with van der Waals surface area (Å²) < 4.78 is 10.4. The molecule has 0 heterocycles. The molecule has 16 heavy (non-hydrogen) atoms. The molecule has 82 valence electrons. The fourth-order valence-corrected chi connectivity index (χ4v) is 1.52. The van der Waals surface area contributed by atoms with Crippen LogP contribution in [0.15, 0.2) is 12.1 Å². The molecule has 0 aliphatic carbocycles. The van der Waals surface area contributed by atoms with Crippen molar-refractivity contribution in [2.24, 2.45) is 0 Å². The summed E-state index contributed by atoms with van der Waals surface area (Å²) in [6.07, 6.45) is 0.525. The number of nitrogens with zero attached hydrogens (tertiary/aromatic N) is 2. The van der Waals surface area contributed by atoms with Gasteiger partial charge in [-0.05, 0) is 17.7 Å². The van der Waals surface area contributed by atoms with E-state index in [9.17, 15) is 0 Å². The number of hydrogen-bond donors (Lipinski definition) is 0. The first-order chi connectivity index (χ1) is 7.76. The summed E-state index contributed by atoms with van der Waals surface area (Å²) in [5.41, 5.74) is 1.57. The van der Waals surface area contributed by atoms with E-state index in [1.54, 1.807) is 12.1 Å². The predicted molar refractivity (Wildman–Crippen MR) is 58.2 cm³/mol. The van der Waals surface area contributed by atoms with E-state index in [4.69, 9.17) is 20.0 Å². The van der Waals surface area contributed by atoms with Crippen molar-refractivity contribution in [1.29, 1.82) is 10.5 Å². The molecule has 0 amide bonds. The Balaban J connectivity index is 3.27. The van der Waals surface area contributed by atoms with E-state index >= 15 is 0 Å². The highest BCUT2D eigenvalue weighted by Gasteiger charge is 2.11. The summed E-state index contributed by atoms with van der Waals surface area (Å²) >= 11 is 0. The molecule has 1 aromatic carbocycles. The second kappa shape index (κ2) is 5.63. The Bertz CT molecular complexity index is 455. The number of methoxy groups -OCH3 is 2. The average molecular weight is 216 g/mol. The van der Waals surface area contributed by atoms with E-state index in [1.165, 1.54) is 14.2 Å². The van der Waals surface area contributed by atoms with Crippen LogP contribution in [-0.2, 0) is 12.8 Å². The average Bonchev–Trinajstić information content (AvgIpc) is 2.29. The molecule has 1 aromatic rings. The maximum Gasteiger partial charge on any atom is 0.164 e. The lowest BCUT2D eigenvalue weighted by molar-refractivity contribution is 0.352. The van der Waals surface area contributed by atoms with Gasteiger partial charge in [0.2, 0.25) is 0 Å². The van der Waals surface area contributed by atoms with Crippen molar-refractivity contribution in [2.45, 2.75) is 12.8 Å². The predicted octanol–water partition coefficient (Wildman–Crippen LogP) is 1.84. The molecular formula is C12H12N2O2.